The first kappa shape index (κ1) is 29.8. The van der Waals surface area contributed by atoms with Gasteiger partial charge >= 0.3 is 0 Å². The Bertz CT molecular complexity index is 1290. The van der Waals surface area contributed by atoms with E-state index in [1.807, 2.05) is 38.1 Å². The van der Waals surface area contributed by atoms with Crippen molar-refractivity contribution in [2.24, 2.45) is 0 Å². The summed E-state index contributed by atoms with van der Waals surface area (Å²) in [4.78, 5) is 29.7. The van der Waals surface area contributed by atoms with Gasteiger partial charge in [0.25, 0.3) is 11.8 Å². The number of anilines is 1. The molecule has 1 fully saturated rings. The lowest BCUT2D eigenvalue weighted by atomic mass is 10.1. The quantitative estimate of drug-likeness (QED) is 0.291. The second-order valence-electron chi connectivity index (χ2n) is 9.72. The van der Waals surface area contributed by atoms with Gasteiger partial charge in [0, 0.05) is 38.3 Å². The molecule has 0 radical (unpaired) electrons. The summed E-state index contributed by atoms with van der Waals surface area (Å²) in [6.07, 6.45) is 4.54. The molecule has 1 aliphatic rings. The highest BCUT2D eigenvalue weighted by atomic mass is 19.1. The lowest BCUT2D eigenvalue weighted by Gasteiger charge is -2.36. The number of alkyl halides is 1. The number of ether oxygens (including phenoxy) is 2. The van der Waals surface area contributed by atoms with E-state index in [9.17, 15) is 14.0 Å². The zero-order valence-electron chi connectivity index (χ0n) is 23.9. The molecular formula is C30H39FN6O4. The van der Waals surface area contributed by atoms with Gasteiger partial charge in [-0.3, -0.25) is 14.0 Å². The lowest BCUT2D eigenvalue weighted by molar-refractivity contribution is 0.0740. The molecule has 41 heavy (non-hydrogen) atoms. The maximum Gasteiger partial charge on any atom is 0.276 e. The van der Waals surface area contributed by atoms with Crippen molar-refractivity contribution in [3.63, 3.8) is 0 Å². The van der Waals surface area contributed by atoms with Gasteiger partial charge < -0.3 is 24.6 Å². The second-order valence-corrected chi connectivity index (χ2v) is 9.72. The van der Waals surface area contributed by atoms with E-state index in [-0.39, 0.29) is 24.2 Å². The number of unbranched alkanes of at least 4 members (excludes halogenated alkanes) is 3. The fourth-order valence-electron chi connectivity index (χ4n) is 4.74. The molecule has 1 N–H and O–H groups in total. The van der Waals surface area contributed by atoms with Crippen LogP contribution >= 0.6 is 0 Å². The minimum absolute atomic E-state index is 0.191. The molecule has 0 spiro atoms. The van der Waals surface area contributed by atoms with Crippen LogP contribution in [0.25, 0.3) is 5.69 Å². The van der Waals surface area contributed by atoms with Crippen LogP contribution in [0.3, 0.4) is 0 Å². The first-order chi connectivity index (χ1) is 20.0. The first-order valence-corrected chi connectivity index (χ1v) is 14.4. The number of rotatable bonds is 14. The number of aromatic nitrogens is 3. The number of piperazine rings is 1. The number of para-hydroxylation sites is 2. The highest BCUT2D eigenvalue weighted by Crippen LogP contribution is 2.29. The highest BCUT2D eigenvalue weighted by Gasteiger charge is 2.26. The molecule has 0 unspecified atom stereocenters. The number of carbonyl (C=O) groups excluding carboxylic acids is 2. The summed E-state index contributed by atoms with van der Waals surface area (Å²) in [6, 6.07) is 13.0. The van der Waals surface area contributed by atoms with Crippen molar-refractivity contribution in [1.82, 2.24) is 25.2 Å². The van der Waals surface area contributed by atoms with Gasteiger partial charge in [0.15, 0.2) is 5.69 Å². The number of amides is 2. The molecule has 1 saturated heterocycles. The average molecular weight is 567 g/mol. The molecule has 2 aromatic carbocycles. The van der Waals surface area contributed by atoms with E-state index in [0.717, 1.165) is 30.7 Å². The first-order valence-electron chi connectivity index (χ1n) is 14.4. The number of halogens is 1. The van der Waals surface area contributed by atoms with Gasteiger partial charge in [0.1, 0.15) is 17.2 Å². The predicted molar refractivity (Wildman–Crippen MR) is 155 cm³/mol. The number of hydrogen-bond donors (Lipinski definition) is 1. The maximum atomic E-state index is 13.3. The van der Waals surface area contributed by atoms with Gasteiger partial charge in [-0.25, -0.2) is 4.68 Å². The standard InChI is InChI=1S/C30H39FN6O4/c1-3-32-29(38)23-13-14-26(28(21-23)41-20-10-6-5-9-15-31)37-22-24(33-34-37)30(39)36-18-16-35(17-19-36)25-11-7-8-12-27(25)40-4-2/h7-8,11-14,21-22H,3-6,9-10,15-20H2,1-2H3,(H,32,38). The van der Waals surface area contributed by atoms with Crippen molar-refractivity contribution in [1.29, 1.82) is 0 Å². The highest BCUT2D eigenvalue weighted by molar-refractivity contribution is 5.95. The molecule has 0 saturated carbocycles. The van der Waals surface area contributed by atoms with Crippen molar-refractivity contribution in [2.75, 3.05) is 57.5 Å². The summed E-state index contributed by atoms with van der Waals surface area (Å²) >= 11 is 0. The third-order valence-electron chi connectivity index (χ3n) is 6.88. The molecule has 1 aliphatic heterocycles. The fraction of sp³-hybridized carbons (Fsp3) is 0.467. The van der Waals surface area contributed by atoms with E-state index in [4.69, 9.17) is 9.47 Å². The van der Waals surface area contributed by atoms with E-state index in [1.165, 1.54) is 4.68 Å². The van der Waals surface area contributed by atoms with Gasteiger partial charge in [-0.1, -0.05) is 23.8 Å². The van der Waals surface area contributed by atoms with Crippen LogP contribution in [0.1, 0.15) is 60.4 Å². The molecule has 1 aromatic heterocycles. The Morgan fingerprint density at radius 2 is 1.71 bits per heavy atom. The number of benzene rings is 2. The van der Waals surface area contributed by atoms with Crippen LogP contribution in [-0.2, 0) is 0 Å². The van der Waals surface area contributed by atoms with E-state index in [2.05, 4.69) is 20.5 Å². The van der Waals surface area contributed by atoms with Gasteiger partial charge in [-0.05, 0) is 63.4 Å². The van der Waals surface area contributed by atoms with Crippen molar-refractivity contribution >= 4 is 17.5 Å². The van der Waals surface area contributed by atoms with Gasteiger partial charge in [0.2, 0.25) is 0 Å². The molecule has 2 amide bonds. The normalized spacial score (nSPS) is 13.2. The van der Waals surface area contributed by atoms with Gasteiger partial charge in [-0.2, -0.15) is 0 Å². The van der Waals surface area contributed by atoms with E-state index in [0.29, 0.717) is 69.4 Å². The third-order valence-corrected chi connectivity index (χ3v) is 6.88. The number of nitrogens with one attached hydrogen (secondary N) is 1. The number of carbonyl (C=O) groups is 2. The van der Waals surface area contributed by atoms with Crippen molar-refractivity contribution in [3.8, 4) is 17.2 Å². The minimum Gasteiger partial charge on any atom is -0.492 e. The Kier molecular flexibility index (Phi) is 10.9. The lowest BCUT2D eigenvalue weighted by Crippen LogP contribution is -2.49. The van der Waals surface area contributed by atoms with E-state index >= 15 is 0 Å². The van der Waals surface area contributed by atoms with Crippen LogP contribution in [0.15, 0.2) is 48.7 Å². The largest absolute Gasteiger partial charge is 0.492 e. The number of nitrogens with zero attached hydrogens (tertiary/aromatic N) is 5. The van der Waals surface area contributed by atoms with Gasteiger partial charge in [0.05, 0.1) is 31.8 Å². The summed E-state index contributed by atoms with van der Waals surface area (Å²) in [6.45, 7) is 7.45. The number of hydrogen-bond acceptors (Lipinski definition) is 7. The maximum absolute atomic E-state index is 13.3. The Morgan fingerprint density at radius 1 is 0.927 bits per heavy atom. The van der Waals surface area contributed by atoms with Crippen LogP contribution in [0.2, 0.25) is 0 Å². The molecule has 3 aromatic rings. The monoisotopic (exact) mass is 566 g/mol. The molecule has 11 heteroatoms. The second kappa shape index (κ2) is 15.0. The molecule has 4 rings (SSSR count). The molecule has 220 valence electrons. The SMILES string of the molecule is CCNC(=O)c1ccc(-n2cc(C(=O)N3CCN(c4ccccc4OCC)CC3)nn2)c(OCCCCCCF)c1. The summed E-state index contributed by atoms with van der Waals surface area (Å²) in [5.41, 5.74) is 2.30. The zero-order chi connectivity index (χ0) is 29.0. The van der Waals surface area contributed by atoms with Gasteiger partial charge in [-0.15, -0.1) is 5.10 Å². The van der Waals surface area contributed by atoms with Crippen molar-refractivity contribution in [2.45, 2.75) is 39.5 Å². The fourth-order valence-corrected chi connectivity index (χ4v) is 4.74. The van der Waals surface area contributed by atoms with Crippen molar-refractivity contribution < 1.29 is 23.5 Å². The average Bonchev–Trinajstić information content (AvgIpc) is 3.49. The van der Waals surface area contributed by atoms with Crippen LogP contribution in [0.4, 0.5) is 10.1 Å². The van der Waals surface area contributed by atoms with Crippen molar-refractivity contribution in [3.05, 3.63) is 59.9 Å². The third kappa shape index (κ3) is 7.74. The predicted octanol–water partition coefficient (Wildman–Crippen LogP) is 4.29. The molecular weight excluding hydrogens is 527 g/mol. The Balaban J connectivity index is 1.44. The van der Waals surface area contributed by atoms with E-state index < -0.39 is 0 Å². The molecule has 0 atom stereocenters. The van der Waals surface area contributed by atoms with Crippen LogP contribution in [0.5, 0.6) is 11.5 Å². The molecule has 2 heterocycles. The molecule has 0 bridgehead atoms. The molecule has 0 aliphatic carbocycles. The Hall–Kier alpha value is -4.15. The van der Waals surface area contributed by atoms with E-state index in [1.54, 1.807) is 29.3 Å². The van der Waals surface area contributed by atoms with Crippen LogP contribution in [0, 0.1) is 0 Å². The molecule has 10 nitrogen and oxygen atoms in total. The summed E-state index contributed by atoms with van der Waals surface area (Å²) < 4.78 is 25.7. The van der Waals surface area contributed by atoms with Crippen LogP contribution in [-0.4, -0.2) is 84.3 Å². The summed E-state index contributed by atoms with van der Waals surface area (Å²) in [5, 5.41) is 11.2. The zero-order valence-corrected chi connectivity index (χ0v) is 23.9. The summed E-state index contributed by atoms with van der Waals surface area (Å²) in [7, 11) is 0. The minimum atomic E-state index is -0.315. The summed E-state index contributed by atoms with van der Waals surface area (Å²) in [5.74, 6) is 0.908. The Labute approximate surface area is 240 Å². The smallest absolute Gasteiger partial charge is 0.276 e. The van der Waals surface area contributed by atoms with Crippen LogP contribution < -0.4 is 19.7 Å². The Morgan fingerprint density at radius 3 is 2.46 bits per heavy atom. The topological polar surface area (TPSA) is 102 Å².